The van der Waals surface area contributed by atoms with Crippen molar-refractivity contribution in [3.63, 3.8) is 0 Å². The summed E-state index contributed by atoms with van der Waals surface area (Å²) < 4.78 is 0. The molecule has 0 saturated heterocycles. The highest BCUT2D eigenvalue weighted by molar-refractivity contribution is 7.99. The molecule has 2 N–H and O–H groups in total. The predicted molar refractivity (Wildman–Crippen MR) is 59.7 cm³/mol. The Labute approximate surface area is 89.9 Å². The molecule has 84 valence electrons. The summed E-state index contributed by atoms with van der Waals surface area (Å²) in [5, 5.41) is 17.9. The van der Waals surface area contributed by atoms with Gasteiger partial charge in [-0.15, -0.1) is 0 Å². The lowest BCUT2D eigenvalue weighted by atomic mass is 9.91. The van der Waals surface area contributed by atoms with Crippen LogP contribution in [0.3, 0.4) is 0 Å². The molecule has 0 aromatic rings. The molecule has 1 atom stereocenters. The molecular weight excluding hydrogens is 200 g/mol. The highest BCUT2D eigenvalue weighted by Crippen LogP contribution is 2.25. The number of aliphatic carboxylic acids is 1. The Hall–Kier alpha value is -0.220. The Kier molecular flexibility index (Phi) is 6.20. The highest BCUT2D eigenvalue weighted by atomic mass is 32.2. The molecule has 0 aliphatic rings. The maximum absolute atomic E-state index is 10.8. The van der Waals surface area contributed by atoms with Gasteiger partial charge in [-0.25, -0.2) is 0 Å². The molecule has 14 heavy (non-hydrogen) atoms. The number of hydrogen-bond acceptors (Lipinski definition) is 3. The summed E-state index contributed by atoms with van der Waals surface area (Å²) in [5.74, 6) is 0.0911. The first-order chi connectivity index (χ1) is 6.40. The monoisotopic (exact) mass is 220 g/mol. The Morgan fingerprint density at radius 1 is 1.50 bits per heavy atom. The first-order valence-corrected chi connectivity index (χ1v) is 5.91. The fraction of sp³-hybridized carbons (Fsp3) is 0.900. The summed E-state index contributed by atoms with van der Waals surface area (Å²) in [6, 6.07) is 0. The van der Waals surface area contributed by atoms with Gasteiger partial charge in [-0.3, -0.25) is 4.79 Å². The molecule has 0 amide bonds. The molecule has 4 heteroatoms. The molecule has 0 aliphatic heterocycles. The summed E-state index contributed by atoms with van der Waals surface area (Å²) in [7, 11) is 0. The van der Waals surface area contributed by atoms with Gasteiger partial charge in [0.15, 0.2) is 0 Å². The second-order valence-electron chi connectivity index (χ2n) is 4.13. The number of carboxylic acids is 1. The first kappa shape index (κ1) is 13.8. The molecule has 0 heterocycles. The second kappa shape index (κ2) is 6.30. The van der Waals surface area contributed by atoms with Crippen LogP contribution in [0.5, 0.6) is 0 Å². The van der Waals surface area contributed by atoms with E-state index in [-0.39, 0.29) is 6.61 Å². The normalized spacial score (nSPS) is 14.0. The van der Waals surface area contributed by atoms with Crippen molar-refractivity contribution in [2.24, 2.45) is 5.41 Å². The molecule has 0 fully saturated rings. The Balaban J connectivity index is 3.68. The van der Waals surface area contributed by atoms with Crippen molar-refractivity contribution in [1.82, 2.24) is 0 Å². The van der Waals surface area contributed by atoms with Crippen LogP contribution in [0.2, 0.25) is 0 Å². The summed E-state index contributed by atoms with van der Waals surface area (Å²) in [6.07, 6.45) is 1.45. The van der Waals surface area contributed by atoms with Crippen molar-refractivity contribution in [2.45, 2.75) is 38.9 Å². The third kappa shape index (κ3) is 5.50. The van der Waals surface area contributed by atoms with E-state index < -0.39 is 11.4 Å². The quantitative estimate of drug-likeness (QED) is 0.689. The summed E-state index contributed by atoms with van der Waals surface area (Å²) >= 11 is 1.72. The van der Waals surface area contributed by atoms with E-state index in [1.165, 1.54) is 0 Å². The van der Waals surface area contributed by atoms with E-state index in [0.29, 0.717) is 11.7 Å². The van der Waals surface area contributed by atoms with Crippen molar-refractivity contribution in [1.29, 1.82) is 0 Å². The van der Waals surface area contributed by atoms with Gasteiger partial charge < -0.3 is 10.2 Å². The smallest absolute Gasteiger partial charge is 0.309 e. The highest BCUT2D eigenvalue weighted by Gasteiger charge is 2.26. The Morgan fingerprint density at radius 3 is 2.50 bits per heavy atom. The van der Waals surface area contributed by atoms with Gasteiger partial charge in [0, 0.05) is 11.9 Å². The Morgan fingerprint density at radius 2 is 2.07 bits per heavy atom. The third-order valence-corrected chi connectivity index (χ3v) is 3.49. The van der Waals surface area contributed by atoms with Crippen LogP contribution in [-0.2, 0) is 4.79 Å². The van der Waals surface area contributed by atoms with Crippen molar-refractivity contribution >= 4 is 17.7 Å². The standard InChI is InChI=1S/C10H20O3S/c1-8(4-6-11)14-7-5-10(2,3)9(12)13/h8,11H,4-7H2,1-3H3,(H,12,13). The van der Waals surface area contributed by atoms with Crippen LogP contribution in [0, 0.1) is 5.41 Å². The molecule has 0 bridgehead atoms. The number of carbonyl (C=O) groups is 1. The molecule has 0 aromatic carbocycles. The van der Waals surface area contributed by atoms with Crippen LogP contribution in [0.25, 0.3) is 0 Å². The van der Waals surface area contributed by atoms with Gasteiger partial charge in [-0.2, -0.15) is 11.8 Å². The molecule has 0 saturated carbocycles. The van der Waals surface area contributed by atoms with Crippen molar-refractivity contribution in [3.05, 3.63) is 0 Å². The second-order valence-corrected chi connectivity index (χ2v) is 5.68. The number of rotatable bonds is 7. The largest absolute Gasteiger partial charge is 0.481 e. The maximum atomic E-state index is 10.8. The van der Waals surface area contributed by atoms with E-state index in [1.807, 2.05) is 0 Å². The molecule has 0 aromatic heterocycles. The van der Waals surface area contributed by atoms with Gasteiger partial charge in [-0.05, 0) is 32.4 Å². The third-order valence-electron chi connectivity index (χ3n) is 2.24. The SMILES string of the molecule is CC(CCO)SCCC(C)(C)C(=O)O. The minimum absolute atomic E-state index is 0.205. The van der Waals surface area contributed by atoms with Crippen LogP contribution in [0.15, 0.2) is 0 Å². The van der Waals surface area contributed by atoms with E-state index in [9.17, 15) is 4.79 Å². The fourth-order valence-corrected chi connectivity index (χ4v) is 2.19. The molecule has 0 aliphatic carbocycles. The number of aliphatic hydroxyl groups excluding tert-OH is 1. The number of carboxylic acid groups (broad SMARTS) is 1. The van der Waals surface area contributed by atoms with E-state index >= 15 is 0 Å². The fourth-order valence-electron chi connectivity index (χ4n) is 0.887. The zero-order valence-corrected chi connectivity index (χ0v) is 9.93. The first-order valence-electron chi connectivity index (χ1n) is 4.86. The topological polar surface area (TPSA) is 57.5 Å². The van der Waals surface area contributed by atoms with E-state index in [4.69, 9.17) is 10.2 Å². The lowest BCUT2D eigenvalue weighted by Crippen LogP contribution is -2.24. The van der Waals surface area contributed by atoms with E-state index in [0.717, 1.165) is 12.2 Å². The van der Waals surface area contributed by atoms with Crippen LogP contribution < -0.4 is 0 Å². The minimum atomic E-state index is -0.743. The zero-order valence-electron chi connectivity index (χ0n) is 9.12. The number of thioether (sulfide) groups is 1. The summed E-state index contributed by atoms with van der Waals surface area (Å²) in [4.78, 5) is 10.8. The lowest BCUT2D eigenvalue weighted by molar-refractivity contribution is -0.146. The average molecular weight is 220 g/mol. The van der Waals surface area contributed by atoms with Crippen LogP contribution >= 0.6 is 11.8 Å². The summed E-state index contributed by atoms with van der Waals surface area (Å²) in [5.41, 5.74) is -0.633. The number of aliphatic hydroxyl groups is 1. The van der Waals surface area contributed by atoms with E-state index in [1.54, 1.807) is 25.6 Å². The van der Waals surface area contributed by atoms with Crippen molar-refractivity contribution in [3.8, 4) is 0 Å². The van der Waals surface area contributed by atoms with Gasteiger partial charge >= 0.3 is 5.97 Å². The van der Waals surface area contributed by atoms with Crippen molar-refractivity contribution in [2.75, 3.05) is 12.4 Å². The van der Waals surface area contributed by atoms with Crippen LogP contribution in [0.1, 0.15) is 33.6 Å². The predicted octanol–water partition coefficient (Wildman–Crippen LogP) is 1.99. The van der Waals surface area contributed by atoms with E-state index in [2.05, 4.69) is 6.92 Å². The zero-order chi connectivity index (χ0) is 11.2. The van der Waals surface area contributed by atoms with Gasteiger partial charge in [0.2, 0.25) is 0 Å². The summed E-state index contributed by atoms with van der Waals surface area (Å²) in [6.45, 7) is 5.74. The van der Waals surface area contributed by atoms with Gasteiger partial charge in [0.05, 0.1) is 5.41 Å². The molecule has 1 unspecified atom stereocenters. The molecule has 0 spiro atoms. The number of hydrogen-bond donors (Lipinski definition) is 2. The van der Waals surface area contributed by atoms with Crippen LogP contribution in [0.4, 0.5) is 0 Å². The lowest BCUT2D eigenvalue weighted by Gasteiger charge is -2.19. The maximum Gasteiger partial charge on any atom is 0.309 e. The van der Waals surface area contributed by atoms with Gasteiger partial charge in [0.1, 0.15) is 0 Å². The molecule has 0 radical (unpaired) electrons. The molecular formula is C10H20O3S. The molecule has 0 rings (SSSR count). The van der Waals surface area contributed by atoms with Crippen LogP contribution in [-0.4, -0.2) is 33.8 Å². The Bertz CT molecular complexity index is 180. The van der Waals surface area contributed by atoms with Crippen molar-refractivity contribution < 1.29 is 15.0 Å². The molecule has 3 nitrogen and oxygen atoms in total. The average Bonchev–Trinajstić information content (AvgIpc) is 2.04. The minimum Gasteiger partial charge on any atom is -0.481 e. The van der Waals surface area contributed by atoms with Gasteiger partial charge in [0.25, 0.3) is 0 Å². The van der Waals surface area contributed by atoms with Gasteiger partial charge in [-0.1, -0.05) is 6.92 Å².